The van der Waals surface area contributed by atoms with E-state index in [9.17, 15) is 9.59 Å². The summed E-state index contributed by atoms with van der Waals surface area (Å²) in [6, 6.07) is 4.02. The van der Waals surface area contributed by atoms with Crippen LogP contribution in [-0.2, 0) is 16.0 Å². The first-order valence-corrected chi connectivity index (χ1v) is 7.25. The zero-order chi connectivity index (χ0) is 12.5. The summed E-state index contributed by atoms with van der Waals surface area (Å²) in [7, 11) is 0. The summed E-state index contributed by atoms with van der Waals surface area (Å²) in [6.07, 6.45) is 3.22. The van der Waals surface area contributed by atoms with Crippen molar-refractivity contribution in [2.45, 2.75) is 37.8 Å². The van der Waals surface area contributed by atoms with E-state index in [2.05, 4.69) is 16.8 Å². The van der Waals surface area contributed by atoms with Crippen LogP contribution in [0.2, 0.25) is 0 Å². The van der Waals surface area contributed by atoms with Crippen LogP contribution in [0.3, 0.4) is 0 Å². The number of thiophene rings is 1. The highest BCUT2D eigenvalue weighted by atomic mass is 32.1. The summed E-state index contributed by atoms with van der Waals surface area (Å²) >= 11 is 1.72. The highest BCUT2D eigenvalue weighted by Gasteiger charge is 2.45. The molecule has 5 heteroatoms. The number of imide groups is 1. The van der Waals surface area contributed by atoms with Crippen molar-refractivity contribution in [3.8, 4) is 0 Å². The molecule has 2 amide bonds. The first-order valence-electron chi connectivity index (χ1n) is 6.37. The maximum Gasteiger partial charge on any atom is 0.247 e. The molecule has 96 valence electrons. The molecule has 1 N–H and O–H groups in total. The van der Waals surface area contributed by atoms with E-state index in [1.165, 1.54) is 9.78 Å². The summed E-state index contributed by atoms with van der Waals surface area (Å²) in [6.45, 7) is 0.753. The maximum absolute atomic E-state index is 12.0. The lowest BCUT2D eigenvalue weighted by Crippen LogP contribution is -2.40. The lowest BCUT2D eigenvalue weighted by Gasteiger charge is -2.14. The Morgan fingerprint density at radius 1 is 1.39 bits per heavy atom. The van der Waals surface area contributed by atoms with Crippen LogP contribution >= 0.6 is 11.3 Å². The van der Waals surface area contributed by atoms with E-state index in [0.717, 1.165) is 25.8 Å². The number of hydrogen-bond acceptors (Lipinski definition) is 4. The van der Waals surface area contributed by atoms with Crippen LogP contribution in [0.5, 0.6) is 0 Å². The molecule has 1 saturated heterocycles. The highest BCUT2D eigenvalue weighted by Crippen LogP contribution is 2.31. The van der Waals surface area contributed by atoms with Gasteiger partial charge in [-0.1, -0.05) is 6.07 Å². The Morgan fingerprint density at radius 2 is 2.22 bits per heavy atom. The minimum atomic E-state index is -0.293. The molecule has 1 atom stereocenters. The number of rotatable bonds is 5. The molecule has 1 aliphatic carbocycles. The molecule has 0 bridgehead atoms. The standard InChI is InChI=1S/C13H16N2O2S/c16-12-8-11(13(17)15(12)9-3-4-9)14-6-5-10-2-1-7-18-10/h1-2,7,9,11,14H,3-6,8H2. The van der Waals surface area contributed by atoms with Crippen LogP contribution in [0.1, 0.15) is 24.1 Å². The van der Waals surface area contributed by atoms with Gasteiger partial charge >= 0.3 is 0 Å². The normalized spacial score (nSPS) is 24.0. The average Bonchev–Trinajstić information content (AvgIpc) is 2.95. The Balaban J connectivity index is 1.51. The molecule has 4 nitrogen and oxygen atoms in total. The molecule has 2 aliphatic rings. The van der Waals surface area contributed by atoms with Crippen molar-refractivity contribution in [1.82, 2.24) is 10.2 Å². The van der Waals surface area contributed by atoms with Crippen LogP contribution in [-0.4, -0.2) is 35.3 Å². The van der Waals surface area contributed by atoms with Gasteiger partial charge in [0.1, 0.15) is 0 Å². The second kappa shape index (κ2) is 4.82. The number of nitrogens with zero attached hydrogens (tertiary/aromatic N) is 1. The Morgan fingerprint density at radius 3 is 2.89 bits per heavy atom. The van der Waals surface area contributed by atoms with Crippen LogP contribution in [0, 0.1) is 0 Å². The molecule has 1 aromatic rings. The van der Waals surface area contributed by atoms with E-state index >= 15 is 0 Å². The number of carbonyl (C=O) groups is 2. The molecule has 1 aromatic heterocycles. The molecule has 0 aromatic carbocycles. The van der Waals surface area contributed by atoms with E-state index in [1.807, 2.05) is 6.07 Å². The second-order valence-electron chi connectivity index (χ2n) is 4.87. The second-order valence-corrected chi connectivity index (χ2v) is 5.91. The lowest BCUT2D eigenvalue weighted by atomic mass is 10.2. The smallest absolute Gasteiger partial charge is 0.247 e. The van der Waals surface area contributed by atoms with Gasteiger partial charge in [0.2, 0.25) is 11.8 Å². The largest absolute Gasteiger partial charge is 0.305 e. The fourth-order valence-corrected chi connectivity index (χ4v) is 3.06. The SMILES string of the molecule is O=C1CC(NCCc2cccs2)C(=O)N1C1CC1. The zero-order valence-corrected chi connectivity index (χ0v) is 10.9. The van der Waals surface area contributed by atoms with Crippen LogP contribution in [0.15, 0.2) is 17.5 Å². The Labute approximate surface area is 110 Å². The zero-order valence-electron chi connectivity index (χ0n) is 10.1. The fourth-order valence-electron chi connectivity index (χ4n) is 2.35. The summed E-state index contributed by atoms with van der Waals surface area (Å²) in [5.74, 6) is -0.0233. The third-order valence-electron chi connectivity index (χ3n) is 3.44. The van der Waals surface area contributed by atoms with Gasteiger partial charge in [-0.25, -0.2) is 0 Å². The quantitative estimate of drug-likeness (QED) is 0.812. The highest BCUT2D eigenvalue weighted by molar-refractivity contribution is 7.09. The number of carbonyl (C=O) groups excluding carboxylic acids is 2. The van der Waals surface area contributed by atoms with Gasteiger partial charge in [-0.3, -0.25) is 14.5 Å². The number of likely N-dealkylation sites (tertiary alicyclic amines) is 1. The van der Waals surface area contributed by atoms with E-state index < -0.39 is 0 Å². The van der Waals surface area contributed by atoms with Crippen molar-refractivity contribution in [3.05, 3.63) is 22.4 Å². The van der Waals surface area contributed by atoms with Gasteiger partial charge in [0, 0.05) is 17.5 Å². The summed E-state index contributed by atoms with van der Waals surface area (Å²) in [5.41, 5.74) is 0. The van der Waals surface area contributed by atoms with Gasteiger partial charge in [0.15, 0.2) is 0 Å². The number of hydrogen-bond donors (Lipinski definition) is 1. The third-order valence-corrected chi connectivity index (χ3v) is 4.37. The Hall–Kier alpha value is -1.20. The first kappa shape index (κ1) is 11.9. The monoisotopic (exact) mass is 264 g/mol. The number of nitrogens with one attached hydrogen (secondary N) is 1. The predicted octanol–water partition coefficient (Wildman–Crippen LogP) is 1.17. The summed E-state index contributed by atoms with van der Waals surface area (Å²) < 4.78 is 0. The van der Waals surface area contributed by atoms with Crippen LogP contribution in [0.25, 0.3) is 0 Å². The summed E-state index contributed by atoms with van der Waals surface area (Å²) in [4.78, 5) is 26.5. The predicted molar refractivity (Wildman–Crippen MR) is 69.3 cm³/mol. The molecule has 0 spiro atoms. The van der Waals surface area contributed by atoms with E-state index in [1.54, 1.807) is 11.3 Å². The first-order chi connectivity index (χ1) is 8.75. The van der Waals surface area contributed by atoms with E-state index in [0.29, 0.717) is 6.42 Å². The molecule has 0 radical (unpaired) electrons. The van der Waals surface area contributed by atoms with Crippen LogP contribution in [0.4, 0.5) is 0 Å². The minimum Gasteiger partial charge on any atom is -0.305 e. The van der Waals surface area contributed by atoms with Gasteiger partial charge in [-0.15, -0.1) is 11.3 Å². The van der Waals surface area contributed by atoms with E-state index in [-0.39, 0.29) is 23.9 Å². The topological polar surface area (TPSA) is 49.4 Å². The van der Waals surface area contributed by atoms with Crippen molar-refractivity contribution in [3.63, 3.8) is 0 Å². The van der Waals surface area contributed by atoms with Crippen molar-refractivity contribution in [2.75, 3.05) is 6.54 Å². The maximum atomic E-state index is 12.0. The lowest BCUT2D eigenvalue weighted by molar-refractivity contribution is -0.139. The van der Waals surface area contributed by atoms with Gasteiger partial charge in [-0.2, -0.15) is 0 Å². The van der Waals surface area contributed by atoms with Crippen molar-refractivity contribution in [1.29, 1.82) is 0 Å². The van der Waals surface area contributed by atoms with Crippen LogP contribution < -0.4 is 5.32 Å². The molecule has 3 rings (SSSR count). The van der Waals surface area contributed by atoms with Gasteiger partial charge in [0.25, 0.3) is 0 Å². The van der Waals surface area contributed by atoms with Crippen molar-refractivity contribution in [2.24, 2.45) is 0 Å². The fraction of sp³-hybridized carbons (Fsp3) is 0.538. The Bertz CT molecular complexity index is 454. The molecule has 1 saturated carbocycles. The van der Waals surface area contributed by atoms with Crippen molar-refractivity contribution >= 4 is 23.2 Å². The number of amides is 2. The molecule has 2 heterocycles. The molecule has 18 heavy (non-hydrogen) atoms. The molecule has 1 unspecified atom stereocenters. The molecule has 1 aliphatic heterocycles. The Kier molecular flexibility index (Phi) is 3.18. The van der Waals surface area contributed by atoms with Crippen molar-refractivity contribution < 1.29 is 9.59 Å². The molecular formula is C13H16N2O2S. The van der Waals surface area contributed by atoms with Gasteiger partial charge in [0.05, 0.1) is 12.5 Å². The average molecular weight is 264 g/mol. The molecule has 2 fully saturated rings. The van der Waals surface area contributed by atoms with E-state index in [4.69, 9.17) is 0 Å². The minimum absolute atomic E-state index is 0.00359. The van der Waals surface area contributed by atoms with Gasteiger partial charge < -0.3 is 5.32 Å². The summed E-state index contributed by atoms with van der Waals surface area (Å²) in [5, 5.41) is 5.26. The third kappa shape index (κ3) is 2.33. The van der Waals surface area contributed by atoms with Gasteiger partial charge in [-0.05, 0) is 30.7 Å². The molecular weight excluding hydrogens is 248 g/mol.